The molecular weight excluding hydrogens is 316 g/mol. The van der Waals surface area contributed by atoms with Gasteiger partial charge in [0.05, 0.1) is 5.69 Å². The highest BCUT2D eigenvalue weighted by molar-refractivity contribution is 6.06. The molecule has 3 aromatic rings. The van der Waals surface area contributed by atoms with E-state index < -0.39 is 0 Å². The normalized spacial score (nSPS) is 14.0. The number of nitrogens with one attached hydrogen (secondary N) is 2. The monoisotopic (exact) mass is 334 g/mol. The van der Waals surface area contributed by atoms with Crippen LogP contribution in [0.25, 0.3) is 10.8 Å². The van der Waals surface area contributed by atoms with E-state index in [9.17, 15) is 9.59 Å². The summed E-state index contributed by atoms with van der Waals surface area (Å²) < 4.78 is 0. The molecule has 0 aliphatic carbocycles. The molecule has 6 nitrogen and oxygen atoms in total. The van der Waals surface area contributed by atoms with Crippen LogP contribution in [0.1, 0.15) is 23.3 Å². The number of carbonyl (C=O) groups is 1. The fraction of sp³-hybridized carbons (Fsp3) is 0.211. The van der Waals surface area contributed by atoms with Crippen LogP contribution in [0.2, 0.25) is 0 Å². The van der Waals surface area contributed by atoms with Crippen molar-refractivity contribution in [3.05, 3.63) is 64.7 Å². The lowest BCUT2D eigenvalue weighted by Gasteiger charge is -2.19. The van der Waals surface area contributed by atoms with Gasteiger partial charge in [0.25, 0.3) is 11.5 Å². The molecule has 0 radical (unpaired) electrons. The number of hydrogen-bond acceptors (Lipinski definition) is 4. The molecule has 4 rings (SSSR count). The molecule has 25 heavy (non-hydrogen) atoms. The number of fused-ring (bicyclic) bond motifs is 1. The number of hydrogen-bond donors (Lipinski definition) is 2. The Morgan fingerprint density at radius 2 is 1.92 bits per heavy atom. The third-order valence-corrected chi connectivity index (χ3v) is 4.44. The number of carbonyl (C=O) groups excluding carboxylic acids is 1. The van der Waals surface area contributed by atoms with Gasteiger partial charge in [-0.15, -0.1) is 0 Å². The van der Waals surface area contributed by atoms with Gasteiger partial charge < -0.3 is 15.2 Å². The Hall–Kier alpha value is -3.15. The summed E-state index contributed by atoms with van der Waals surface area (Å²) in [6, 6.07) is 12.5. The van der Waals surface area contributed by atoms with E-state index in [1.165, 1.54) is 0 Å². The van der Waals surface area contributed by atoms with Crippen LogP contribution >= 0.6 is 0 Å². The summed E-state index contributed by atoms with van der Waals surface area (Å²) >= 11 is 0. The van der Waals surface area contributed by atoms with Gasteiger partial charge in [-0.2, -0.15) is 0 Å². The second-order valence-electron chi connectivity index (χ2n) is 6.12. The number of aromatic amines is 1. The standard InChI is InChI=1S/C19H18N4O2/c24-18-14-7-2-1-6-13(14)12-16(22-18)19(25)21-15-8-5-9-20-17(15)23-10-3-4-11-23/h1-2,5-9,12H,3-4,10-11H2,(H,21,25)(H,22,24). The van der Waals surface area contributed by atoms with E-state index in [0.29, 0.717) is 11.1 Å². The van der Waals surface area contributed by atoms with E-state index in [-0.39, 0.29) is 17.2 Å². The van der Waals surface area contributed by atoms with Crippen LogP contribution in [-0.4, -0.2) is 29.0 Å². The minimum absolute atomic E-state index is 0.236. The quantitative estimate of drug-likeness (QED) is 0.772. The lowest BCUT2D eigenvalue weighted by Crippen LogP contribution is -2.23. The van der Waals surface area contributed by atoms with Crippen LogP contribution in [0.15, 0.2) is 53.5 Å². The van der Waals surface area contributed by atoms with Gasteiger partial charge in [0.1, 0.15) is 5.69 Å². The van der Waals surface area contributed by atoms with E-state index >= 15 is 0 Å². The maximum absolute atomic E-state index is 12.6. The van der Waals surface area contributed by atoms with Crippen molar-refractivity contribution < 1.29 is 4.79 Å². The number of nitrogens with zero attached hydrogens (tertiary/aromatic N) is 2. The summed E-state index contributed by atoms with van der Waals surface area (Å²) in [4.78, 5) is 34.1. The first-order valence-corrected chi connectivity index (χ1v) is 8.36. The van der Waals surface area contributed by atoms with Crippen molar-refractivity contribution in [1.82, 2.24) is 9.97 Å². The highest BCUT2D eigenvalue weighted by atomic mass is 16.2. The van der Waals surface area contributed by atoms with Crippen molar-refractivity contribution in [2.24, 2.45) is 0 Å². The molecule has 6 heteroatoms. The molecule has 0 saturated carbocycles. The highest BCUT2D eigenvalue weighted by Gasteiger charge is 2.19. The summed E-state index contributed by atoms with van der Waals surface area (Å²) in [7, 11) is 0. The summed E-state index contributed by atoms with van der Waals surface area (Å²) in [6.45, 7) is 1.87. The Morgan fingerprint density at radius 3 is 2.76 bits per heavy atom. The third-order valence-electron chi connectivity index (χ3n) is 4.44. The molecule has 0 spiro atoms. The van der Waals surface area contributed by atoms with E-state index in [1.807, 2.05) is 18.2 Å². The van der Waals surface area contributed by atoms with E-state index in [4.69, 9.17) is 0 Å². The zero-order valence-corrected chi connectivity index (χ0v) is 13.7. The van der Waals surface area contributed by atoms with E-state index in [1.54, 1.807) is 30.5 Å². The van der Waals surface area contributed by atoms with Gasteiger partial charge in [0, 0.05) is 24.7 Å². The predicted octanol–water partition coefficient (Wildman–Crippen LogP) is 2.78. The average Bonchev–Trinajstić information content (AvgIpc) is 3.16. The first-order chi connectivity index (χ1) is 12.2. The molecular formula is C19H18N4O2. The van der Waals surface area contributed by atoms with Crippen LogP contribution in [0.3, 0.4) is 0 Å². The van der Waals surface area contributed by atoms with Crippen molar-refractivity contribution in [2.45, 2.75) is 12.8 Å². The SMILES string of the molecule is O=C(Nc1cccnc1N1CCCC1)c1cc2ccccc2c(=O)[nH]1. The second kappa shape index (κ2) is 6.39. The lowest BCUT2D eigenvalue weighted by molar-refractivity contribution is 0.102. The smallest absolute Gasteiger partial charge is 0.272 e. The zero-order chi connectivity index (χ0) is 17.2. The number of rotatable bonds is 3. The van der Waals surface area contributed by atoms with E-state index in [2.05, 4.69) is 20.2 Å². The topological polar surface area (TPSA) is 78.1 Å². The fourth-order valence-electron chi connectivity index (χ4n) is 3.20. The molecule has 126 valence electrons. The Balaban J connectivity index is 1.66. The van der Waals surface area contributed by atoms with Gasteiger partial charge in [0.2, 0.25) is 0 Å². The van der Waals surface area contributed by atoms with Gasteiger partial charge >= 0.3 is 0 Å². The predicted molar refractivity (Wildman–Crippen MR) is 98.2 cm³/mol. The molecule has 1 amide bonds. The largest absolute Gasteiger partial charge is 0.355 e. The molecule has 1 aliphatic rings. The van der Waals surface area contributed by atoms with Crippen LogP contribution in [0, 0.1) is 0 Å². The third kappa shape index (κ3) is 2.98. The molecule has 0 unspecified atom stereocenters. The Labute approximate surface area is 144 Å². The van der Waals surface area contributed by atoms with Crippen molar-refractivity contribution in [3.63, 3.8) is 0 Å². The van der Waals surface area contributed by atoms with Gasteiger partial charge in [-0.1, -0.05) is 18.2 Å². The first-order valence-electron chi connectivity index (χ1n) is 8.36. The molecule has 1 aliphatic heterocycles. The second-order valence-corrected chi connectivity index (χ2v) is 6.12. The number of pyridine rings is 2. The summed E-state index contributed by atoms with van der Waals surface area (Å²) in [5, 5.41) is 4.19. The van der Waals surface area contributed by atoms with Crippen LogP contribution in [0.5, 0.6) is 0 Å². The molecule has 1 fully saturated rings. The van der Waals surface area contributed by atoms with Crippen molar-refractivity contribution in [2.75, 3.05) is 23.3 Å². The van der Waals surface area contributed by atoms with Gasteiger partial charge in [0.15, 0.2) is 5.82 Å². The molecule has 2 N–H and O–H groups in total. The maximum atomic E-state index is 12.6. The number of aromatic nitrogens is 2. The summed E-state index contributed by atoms with van der Waals surface area (Å²) in [5.41, 5.74) is 0.623. The molecule has 3 heterocycles. The number of benzene rings is 1. The Kier molecular flexibility index (Phi) is 3.93. The summed E-state index contributed by atoms with van der Waals surface area (Å²) in [5.74, 6) is 0.424. The Bertz CT molecular complexity index is 990. The molecule has 0 bridgehead atoms. The van der Waals surface area contributed by atoms with Crippen LogP contribution in [0.4, 0.5) is 11.5 Å². The van der Waals surface area contributed by atoms with Crippen LogP contribution in [-0.2, 0) is 0 Å². The van der Waals surface area contributed by atoms with Crippen molar-refractivity contribution in [1.29, 1.82) is 0 Å². The molecule has 1 aromatic carbocycles. The number of H-pyrrole nitrogens is 1. The number of anilines is 2. The van der Waals surface area contributed by atoms with Gasteiger partial charge in [-0.3, -0.25) is 9.59 Å². The van der Waals surface area contributed by atoms with E-state index in [0.717, 1.165) is 37.1 Å². The van der Waals surface area contributed by atoms with Gasteiger partial charge in [-0.05, 0) is 42.5 Å². The first kappa shape index (κ1) is 15.4. The lowest BCUT2D eigenvalue weighted by atomic mass is 10.1. The molecule has 0 atom stereocenters. The summed E-state index contributed by atoms with van der Waals surface area (Å²) in [6.07, 6.45) is 3.98. The van der Waals surface area contributed by atoms with Crippen molar-refractivity contribution in [3.8, 4) is 0 Å². The number of amides is 1. The fourth-order valence-corrected chi connectivity index (χ4v) is 3.20. The Morgan fingerprint density at radius 1 is 1.12 bits per heavy atom. The maximum Gasteiger partial charge on any atom is 0.272 e. The van der Waals surface area contributed by atoms with Crippen LogP contribution < -0.4 is 15.8 Å². The minimum Gasteiger partial charge on any atom is -0.355 e. The minimum atomic E-state index is -0.351. The average molecular weight is 334 g/mol. The molecule has 2 aromatic heterocycles. The molecule has 1 saturated heterocycles. The zero-order valence-electron chi connectivity index (χ0n) is 13.7. The van der Waals surface area contributed by atoms with Gasteiger partial charge in [-0.25, -0.2) is 4.98 Å². The van der Waals surface area contributed by atoms with Crippen molar-refractivity contribution >= 4 is 28.2 Å². The highest BCUT2D eigenvalue weighted by Crippen LogP contribution is 2.26.